The second kappa shape index (κ2) is 5.40. The molecule has 0 aliphatic carbocycles. The molecule has 110 valence electrons. The summed E-state index contributed by atoms with van der Waals surface area (Å²) in [6, 6.07) is 1.95. The zero-order chi connectivity index (χ0) is 14.9. The largest absolute Gasteiger partial charge is 0.390 e. The number of aryl methyl sites for hydroxylation is 2. The lowest BCUT2D eigenvalue weighted by molar-refractivity contribution is 0.0481. The van der Waals surface area contributed by atoms with E-state index in [1.54, 1.807) is 0 Å². The standard InChI is InChI=1S/C15H24N4O/c1-10-9-11(2)18-14(12(10)13(16)17)19-7-4-5-15(3,20)6-8-19/h9,20H,4-8H2,1-3H3,(H3,16,17). The van der Waals surface area contributed by atoms with Crippen molar-refractivity contribution in [2.45, 2.75) is 45.6 Å². The third-order valence-corrected chi connectivity index (χ3v) is 3.96. The topological polar surface area (TPSA) is 86.2 Å². The first kappa shape index (κ1) is 14.8. The molecule has 1 fully saturated rings. The molecule has 0 amide bonds. The maximum atomic E-state index is 10.2. The van der Waals surface area contributed by atoms with Gasteiger partial charge in [-0.05, 0) is 51.7 Å². The van der Waals surface area contributed by atoms with Gasteiger partial charge in [0.1, 0.15) is 11.7 Å². The van der Waals surface area contributed by atoms with Gasteiger partial charge in [0, 0.05) is 18.8 Å². The number of hydrogen-bond donors (Lipinski definition) is 3. The minimum Gasteiger partial charge on any atom is -0.390 e. The lowest BCUT2D eigenvalue weighted by Gasteiger charge is -2.26. The summed E-state index contributed by atoms with van der Waals surface area (Å²) in [7, 11) is 0. The highest BCUT2D eigenvalue weighted by molar-refractivity contribution is 6.01. The number of rotatable bonds is 2. The van der Waals surface area contributed by atoms with Crippen LogP contribution in [0.5, 0.6) is 0 Å². The monoisotopic (exact) mass is 276 g/mol. The Kier molecular flexibility index (Phi) is 3.99. The smallest absolute Gasteiger partial charge is 0.140 e. The number of nitrogens with one attached hydrogen (secondary N) is 1. The van der Waals surface area contributed by atoms with Gasteiger partial charge in [-0.15, -0.1) is 0 Å². The fraction of sp³-hybridized carbons (Fsp3) is 0.600. The van der Waals surface area contributed by atoms with Gasteiger partial charge in [0.25, 0.3) is 0 Å². The van der Waals surface area contributed by atoms with E-state index in [1.807, 2.05) is 26.8 Å². The van der Waals surface area contributed by atoms with Gasteiger partial charge in [0.05, 0.1) is 11.2 Å². The minimum atomic E-state index is -0.607. The van der Waals surface area contributed by atoms with Gasteiger partial charge in [0.2, 0.25) is 0 Å². The summed E-state index contributed by atoms with van der Waals surface area (Å²) in [4.78, 5) is 6.74. The second-order valence-corrected chi connectivity index (χ2v) is 6.03. The van der Waals surface area contributed by atoms with Crippen molar-refractivity contribution in [3.8, 4) is 0 Å². The predicted molar refractivity (Wildman–Crippen MR) is 81.4 cm³/mol. The van der Waals surface area contributed by atoms with E-state index >= 15 is 0 Å². The molecule has 20 heavy (non-hydrogen) atoms. The molecule has 2 heterocycles. The van der Waals surface area contributed by atoms with E-state index in [0.29, 0.717) is 6.42 Å². The van der Waals surface area contributed by atoms with Crippen molar-refractivity contribution in [2.75, 3.05) is 18.0 Å². The molecule has 0 radical (unpaired) electrons. The van der Waals surface area contributed by atoms with Crippen molar-refractivity contribution in [1.82, 2.24) is 4.98 Å². The Morgan fingerprint density at radius 2 is 2.10 bits per heavy atom. The third-order valence-electron chi connectivity index (χ3n) is 3.96. The number of aromatic nitrogens is 1. The van der Waals surface area contributed by atoms with Crippen molar-refractivity contribution in [3.63, 3.8) is 0 Å². The van der Waals surface area contributed by atoms with Gasteiger partial charge in [-0.1, -0.05) is 0 Å². The van der Waals surface area contributed by atoms with Crippen LogP contribution in [-0.2, 0) is 0 Å². The molecule has 0 spiro atoms. The Labute approximate surface area is 120 Å². The van der Waals surface area contributed by atoms with E-state index in [2.05, 4.69) is 9.88 Å². The van der Waals surface area contributed by atoms with Crippen molar-refractivity contribution in [2.24, 2.45) is 5.73 Å². The number of nitrogens with zero attached hydrogens (tertiary/aromatic N) is 2. The Morgan fingerprint density at radius 3 is 2.75 bits per heavy atom. The molecule has 4 N–H and O–H groups in total. The maximum absolute atomic E-state index is 10.2. The van der Waals surface area contributed by atoms with Crippen LogP contribution in [0.1, 0.15) is 43.0 Å². The normalized spacial score (nSPS) is 23.5. The minimum absolute atomic E-state index is 0.0565. The first-order chi connectivity index (χ1) is 9.30. The zero-order valence-corrected chi connectivity index (χ0v) is 12.5. The van der Waals surface area contributed by atoms with Crippen molar-refractivity contribution < 1.29 is 5.11 Å². The highest BCUT2D eigenvalue weighted by atomic mass is 16.3. The Bertz CT molecular complexity index is 525. The molecule has 0 bridgehead atoms. The van der Waals surface area contributed by atoms with E-state index in [0.717, 1.165) is 48.6 Å². The summed E-state index contributed by atoms with van der Waals surface area (Å²) in [5.74, 6) is 0.841. The molecule has 1 aliphatic heterocycles. The van der Waals surface area contributed by atoms with Crippen molar-refractivity contribution in [3.05, 3.63) is 22.9 Å². The van der Waals surface area contributed by atoms with E-state index in [1.165, 1.54) is 0 Å². The molecule has 1 saturated heterocycles. The summed E-state index contributed by atoms with van der Waals surface area (Å²) < 4.78 is 0. The van der Waals surface area contributed by atoms with E-state index in [-0.39, 0.29) is 5.84 Å². The molecular formula is C15H24N4O. The van der Waals surface area contributed by atoms with Gasteiger partial charge >= 0.3 is 0 Å². The van der Waals surface area contributed by atoms with Crippen LogP contribution in [0.15, 0.2) is 6.07 Å². The average Bonchev–Trinajstić information content (AvgIpc) is 2.48. The summed E-state index contributed by atoms with van der Waals surface area (Å²) in [5, 5.41) is 18.0. The van der Waals surface area contributed by atoms with Crippen LogP contribution >= 0.6 is 0 Å². The molecule has 1 atom stereocenters. The molecule has 1 aromatic heterocycles. The quantitative estimate of drug-likeness (QED) is 0.567. The fourth-order valence-electron chi connectivity index (χ4n) is 2.85. The number of pyridine rings is 1. The summed E-state index contributed by atoms with van der Waals surface area (Å²) in [5.41, 5.74) is 7.76. The lowest BCUT2D eigenvalue weighted by atomic mass is 9.98. The van der Waals surface area contributed by atoms with Crippen LogP contribution in [0, 0.1) is 19.3 Å². The first-order valence-corrected chi connectivity index (χ1v) is 7.10. The van der Waals surface area contributed by atoms with Crippen molar-refractivity contribution in [1.29, 1.82) is 5.41 Å². The maximum Gasteiger partial charge on any atom is 0.140 e. The van der Waals surface area contributed by atoms with Gasteiger partial charge < -0.3 is 15.7 Å². The molecule has 0 aromatic carbocycles. The van der Waals surface area contributed by atoms with Crippen LogP contribution in [-0.4, -0.2) is 34.6 Å². The van der Waals surface area contributed by atoms with Gasteiger partial charge in [-0.2, -0.15) is 0 Å². The highest BCUT2D eigenvalue weighted by Gasteiger charge is 2.27. The van der Waals surface area contributed by atoms with Crippen LogP contribution in [0.25, 0.3) is 0 Å². The van der Waals surface area contributed by atoms with Crippen molar-refractivity contribution >= 4 is 11.7 Å². The molecule has 1 unspecified atom stereocenters. The van der Waals surface area contributed by atoms with Crippen LogP contribution < -0.4 is 10.6 Å². The zero-order valence-electron chi connectivity index (χ0n) is 12.5. The highest BCUT2D eigenvalue weighted by Crippen LogP contribution is 2.28. The number of nitrogen functional groups attached to an aromatic ring is 1. The summed E-state index contributed by atoms with van der Waals surface area (Å²) >= 11 is 0. The molecule has 5 heteroatoms. The predicted octanol–water partition coefficient (Wildman–Crippen LogP) is 1.72. The second-order valence-electron chi connectivity index (χ2n) is 6.03. The van der Waals surface area contributed by atoms with Gasteiger partial charge in [-0.25, -0.2) is 4.98 Å². The molecule has 2 rings (SSSR count). The number of nitrogens with two attached hydrogens (primary N) is 1. The lowest BCUT2D eigenvalue weighted by Crippen LogP contribution is -2.31. The molecule has 1 aromatic rings. The number of amidine groups is 1. The van der Waals surface area contributed by atoms with E-state index < -0.39 is 5.60 Å². The fourth-order valence-corrected chi connectivity index (χ4v) is 2.85. The number of anilines is 1. The number of aliphatic hydroxyl groups is 1. The van der Waals surface area contributed by atoms with Crippen LogP contribution in [0.3, 0.4) is 0 Å². The third kappa shape index (κ3) is 3.10. The molecule has 0 saturated carbocycles. The summed E-state index contributed by atoms with van der Waals surface area (Å²) in [6.07, 6.45) is 2.42. The summed E-state index contributed by atoms with van der Waals surface area (Å²) in [6.45, 7) is 7.38. The Morgan fingerprint density at radius 1 is 1.40 bits per heavy atom. The van der Waals surface area contributed by atoms with Gasteiger partial charge in [-0.3, -0.25) is 5.41 Å². The van der Waals surface area contributed by atoms with Crippen LogP contribution in [0.4, 0.5) is 5.82 Å². The van der Waals surface area contributed by atoms with Gasteiger partial charge in [0.15, 0.2) is 0 Å². The molecule has 1 aliphatic rings. The molecular weight excluding hydrogens is 252 g/mol. The Hall–Kier alpha value is -1.62. The number of hydrogen-bond acceptors (Lipinski definition) is 4. The SMILES string of the molecule is Cc1cc(C)c(C(=N)N)c(N2CCCC(C)(O)CC2)n1. The first-order valence-electron chi connectivity index (χ1n) is 7.10. The van der Waals surface area contributed by atoms with Crippen LogP contribution in [0.2, 0.25) is 0 Å². The molecule has 5 nitrogen and oxygen atoms in total. The average molecular weight is 276 g/mol. The van der Waals surface area contributed by atoms with E-state index in [9.17, 15) is 5.11 Å². The van der Waals surface area contributed by atoms with E-state index in [4.69, 9.17) is 11.1 Å². The Balaban J connectivity index is 2.39.